The lowest BCUT2D eigenvalue weighted by Gasteiger charge is -2.18. The van der Waals surface area contributed by atoms with Crippen LogP contribution in [0.15, 0.2) is 48.5 Å². The molecule has 0 unspecified atom stereocenters. The fraction of sp³-hybridized carbons (Fsp3) is 0.364. The minimum atomic E-state index is -0.898. The Morgan fingerprint density at radius 3 is 2.44 bits per heavy atom. The number of carbonyl (C=O) groups is 2. The number of esters is 1. The van der Waals surface area contributed by atoms with Crippen molar-refractivity contribution in [3.8, 4) is 0 Å². The summed E-state index contributed by atoms with van der Waals surface area (Å²) in [7, 11) is 3.80. The van der Waals surface area contributed by atoms with Crippen LogP contribution in [0, 0.1) is 0 Å². The first-order valence-electron chi connectivity index (χ1n) is 9.21. The Hall–Kier alpha value is -2.82. The van der Waals surface area contributed by atoms with Gasteiger partial charge in [-0.25, -0.2) is 4.79 Å². The molecule has 0 fully saturated rings. The molecule has 5 nitrogen and oxygen atoms in total. The van der Waals surface area contributed by atoms with Gasteiger partial charge < -0.3 is 15.0 Å². The van der Waals surface area contributed by atoms with Gasteiger partial charge in [0.25, 0.3) is 5.91 Å². The molecule has 0 aliphatic carbocycles. The van der Waals surface area contributed by atoms with E-state index in [2.05, 4.69) is 19.2 Å². The van der Waals surface area contributed by atoms with Crippen molar-refractivity contribution in [1.82, 2.24) is 0 Å². The Bertz CT molecular complexity index is 802. The van der Waals surface area contributed by atoms with Gasteiger partial charge >= 0.3 is 5.97 Å². The van der Waals surface area contributed by atoms with Gasteiger partial charge in [-0.2, -0.15) is 0 Å². The highest BCUT2D eigenvalue weighted by Gasteiger charge is 2.21. The van der Waals surface area contributed by atoms with Gasteiger partial charge in [0, 0.05) is 25.5 Å². The van der Waals surface area contributed by atoms with Crippen LogP contribution in [0.4, 0.5) is 11.4 Å². The van der Waals surface area contributed by atoms with Gasteiger partial charge in [0.05, 0.1) is 5.56 Å². The van der Waals surface area contributed by atoms with Crippen molar-refractivity contribution in [2.75, 3.05) is 24.3 Å². The zero-order chi connectivity index (χ0) is 20.0. The largest absolute Gasteiger partial charge is 0.449 e. The van der Waals surface area contributed by atoms with Crippen LogP contribution in [0.25, 0.3) is 0 Å². The maximum atomic E-state index is 12.5. The second kappa shape index (κ2) is 9.21. The molecule has 0 saturated heterocycles. The quantitative estimate of drug-likeness (QED) is 0.734. The highest BCUT2D eigenvalue weighted by molar-refractivity contribution is 5.98. The normalized spacial score (nSPS) is 12.8. The predicted octanol–water partition coefficient (Wildman–Crippen LogP) is 4.45. The number of ether oxygens (including phenoxy) is 1. The second-order valence-electron chi connectivity index (χ2n) is 6.88. The Morgan fingerprint density at radius 2 is 1.78 bits per heavy atom. The number of nitrogens with one attached hydrogen (secondary N) is 1. The van der Waals surface area contributed by atoms with Crippen LogP contribution in [0.1, 0.15) is 49.0 Å². The minimum Gasteiger partial charge on any atom is -0.449 e. The van der Waals surface area contributed by atoms with E-state index in [1.54, 1.807) is 25.1 Å². The van der Waals surface area contributed by atoms with Crippen LogP contribution in [0.2, 0.25) is 0 Å². The third-order valence-electron chi connectivity index (χ3n) is 4.61. The van der Waals surface area contributed by atoms with Crippen LogP contribution in [-0.2, 0) is 9.53 Å². The summed E-state index contributed by atoms with van der Waals surface area (Å²) in [5.41, 5.74) is 3.14. The zero-order valence-electron chi connectivity index (χ0n) is 16.7. The Labute approximate surface area is 161 Å². The van der Waals surface area contributed by atoms with E-state index in [9.17, 15) is 9.59 Å². The molecule has 0 saturated carbocycles. The summed E-state index contributed by atoms with van der Waals surface area (Å²) < 4.78 is 5.36. The van der Waals surface area contributed by atoms with E-state index in [0.29, 0.717) is 11.5 Å². The summed E-state index contributed by atoms with van der Waals surface area (Å²) >= 11 is 0. The molecule has 0 heterocycles. The molecule has 1 amide bonds. The highest BCUT2D eigenvalue weighted by atomic mass is 16.5. The molecule has 1 N–H and O–H groups in total. The number of amides is 1. The van der Waals surface area contributed by atoms with Crippen molar-refractivity contribution < 1.29 is 14.3 Å². The molecule has 0 aromatic heterocycles. The molecule has 2 aromatic carbocycles. The molecule has 5 heteroatoms. The maximum Gasteiger partial charge on any atom is 0.338 e. The van der Waals surface area contributed by atoms with Crippen molar-refractivity contribution in [2.45, 2.75) is 39.2 Å². The van der Waals surface area contributed by atoms with Crippen LogP contribution in [0.5, 0.6) is 0 Å². The molecule has 2 rings (SSSR count). The van der Waals surface area contributed by atoms with Crippen molar-refractivity contribution >= 4 is 23.3 Å². The summed E-state index contributed by atoms with van der Waals surface area (Å²) in [5.74, 6) is -0.535. The first-order valence-corrected chi connectivity index (χ1v) is 9.21. The third-order valence-corrected chi connectivity index (χ3v) is 4.61. The van der Waals surface area contributed by atoms with E-state index in [-0.39, 0.29) is 5.91 Å². The van der Waals surface area contributed by atoms with Crippen molar-refractivity contribution in [3.63, 3.8) is 0 Å². The molecule has 0 aliphatic heterocycles. The number of nitrogens with zero attached hydrogens (tertiary/aromatic N) is 1. The summed E-state index contributed by atoms with van der Waals surface area (Å²) in [4.78, 5) is 26.8. The first-order chi connectivity index (χ1) is 12.8. The van der Waals surface area contributed by atoms with Crippen LogP contribution < -0.4 is 10.2 Å². The molecule has 27 heavy (non-hydrogen) atoms. The molecule has 0 aliphatic rings. The molecular weight excluding hydrogens is 340 g/mol. The number of anilines is 2. The van der Waals surface area contributed by atoms with Crippen molar-refractivity contribution in [1.29, 1.82) is 0 Å². The zero-order valence-corrected chi connectivity index (χ0v) is 16.7. The van der Waals surface area contributed by atoms with Crippen LogP contribution in [-0.4, -0.2) is 32.1 Å². The van der Waals surface area contributed by atoms with Crippen molar-refractivity contribution in [2.24, 2.45) is 0 Å². The fourth-order valence-electron chi connectivity index (χ4n) is 2.69. The number of hydrogen-bond donors (Lipinski definition) is 1. The molecule has 0 spiro atoms. The summed E-state index contributed by atoms with van der Waals surface area (Å²) in [6.07, 6.45) is 0.0742. The Kier molecular flexibility index (Phi) is 6.99. The van der Waals surface area contributed by atoms with Gasteiger partial charge in [-0.15, -0.1) is 0 Å². The third kappa shape index (κ3) is 5.33. The van der Waals surface area contributed by atoms with Gasteiger partial charge in [-0.1, -0.05) is 38.1 Å². The molecule has 0 radical (unpaired) electrons. The number of hydrogen-bond acceptors (Lipinski definition) is 4. The fourth-order valence-corrected chi connectivity index (χ4v) is 2.69. The maximum absolute atomic E-state index is 12.5. The van der Waals surface area contributed by atoms with Crippen molar-refractivity contribution in [3.05, 3.63) is 59.7 Å². The van der Waals surface area contributed by atoms with E-state index in [1.807, 2.05) is 49.3 Å². The van der Waals surface area contributed by atoms with E-state index in [4.69, 9.17) is 4.74 Å². The van der Waals surface area contributed by atoms with E-state index in [0.717, 1.165) is 23.4 Å². The lowest BCUT2D eigenvalue weighted by Crippen LogP contribution is -2.30. The first kappa shape index (κ1) is 20.5. The Balaban J connectivity index is 2.06. The van der Waals surface area contributed by atoms with E-state index < -0.39 is 12.1 Å². The second-order valence-corrected chi connectivity index (χ2v) is 6.88. The van der Waals surface area contributed by atoms with E-state index in [1.165, 1.54) is 0 Å². The summed E-state index contributed by atoms with van der Waals surface area (Å²) in [5, 5.41) is 2.89. The standard InChI is InChI=1S/C22H28N2O3/c1-6-15(2)19-12-7-8-13-20(19)23-21(25)16(3)27-22(26)17-10-9-11-18(14-17)24(4)5/h7-16H,6H2,1-5H3,(H,23,25)/t15-,16+/m0/s1. The summed E-state index contributed by atoms with van der Waals surface area (Å²) in [6, 6.07) is 14.8. The Morgan fingerprint density at radius 1 is 1.07 bits per heavy atom. The number of rotatable bonds is 7. The molecule has 2 aromatic rings. The smallest absolute Gasteiger partial charge is 0.338 e. The predicted molar refractivity (Wildman–Crippen MR) is 109 cm³/mol. The van der Waals surface area contributed by atoms with Gasteiger partial charge in [-0.3, -0.25) is 4.79 Å². The van der Waals surface area contributed by atoms with Gasteiger partial charge in [0.15, 0.2) is 6.10 Å². The van der Waals surface area contributed by atoms with Gasteiger partial charge in [-0.05, 0) is 49.1 Å². The molecule has 2 atom stereocenters. The monoisotopic (exact) mass is 368 g/mol. The average Bonchev–Trinajstić information content (AvgIpc) is 2.67. The summed E-state index contributed by atoms with van der Waals surface area (Å²) in [6.45, 7) is 5.80. The average molecular weight is 368 g/mol. The van der Waals surface area contributed by atoms with Gasteiger partial charge in [0.2, 0.25) is 0 Å². The minimum absolute atomic E-state index is 0.327. The number of carbonyl (C=O) groups excluding carboxylic acids is 2. The highest BCUT2D eigenvalue weighted by Crippen LogP contribution is 2.26. The number of benzene rings is 2. The SMILES string of the molecule is CC[C@H](C)c1ccccc1NC(=O)[C@@H](C)OC(=O)c1cccc(N(C)C)c1. The molecular formula is C22H28N2O3. The van der Waals surface area contributed by atoms with Gasteiger partial charge in [0.1, 0.15) is 0 Å². The lowest BCUT2D eigenvalue weighted by atomic mass is 9.97. The molecule has 144 valence electrons. The lowest BCUT2D eigenvalue weighted by molar-refractivity contribution is -0.123. The number of para-hydroxylation sites is 1. The van der Waals surface area contributed by atoms with Crippen LogP contribution in [0.3, 0.4) is 0 Å². The topological polar surface area (TPSA) is 58.6 Å². The van der Waals surface area contributed by atoms with E-state index >= 15 is 0 Å². The molecule has 0 bridgehead atoms. The van der Waals surface area contributed by atoms with Crippen LogP contribution >= 0.6 is 0 Å².